The fourth-order valence-corrected chi connectivity index (χ4v) is 2.83. The molecule has 19 heavy (non-hydrogen) atoms. The molecule has 1 aliphatic rings. The summed E-state index contributed by atoms with van der Waals surface area (Å²) in [6, 6.07) is 0. The second-order valence-corrected chi connectivity index (χ2v) is 5.81. The fourth-order valence-electron chi connectivity index (χ4n) is 2.83. The lowest BCUT2D eigenvalue weighted by Gasteiger charge is -2.27. The Morgan fingerprint density at radius 3 is 2.74 bits per heavy atom. The highest BCUT2D eigenvalue weighted by Gasteiger charge is 2.19. The van der Waals surface area contributed by atoms with Gasteiger partial charge in [0, 0.05) is 30.9 Å². The molecule has 0 fully saturated rings. The summed E-state index contributed by atoms with van der Waals surface area (Å²) in [7, 11) is 0. The molecular formula is C15H26N4. The average molecular weight is 262 g/mol. The summed E-state index contributed by atoms with van der Waals surface area (Å²) in [4.78, 5) is 11.4. The van der Waals surface area contributed by atoms with Crippen molar-refractivity contribution in [3.8, 4) is 0 Å². The van der Waals surface area contributed by atoms with E-state index < -0.39 is 0 Å². The minimum atomic E-state index is 0.614. The molecule has 0 amide bonds. The second-order valence-electron chi connectivity index (χ2n) is 5.81. The zero-order valence-corrected chi connectivity index (χ0v) is 12.2. The van der Waals surface area contributed by atoms with E-state index in [-0.39, 0.29) is 0 Å². The van der Waals surface area contributed by atoms with Crippen LogP contribution in [0, 0.1) is 5.92 Å². The molecule has 0 aromatic carbocycles. The number of nitrogens with zero attached hydrogens (tertiary/aromatic N) is 3. The number of aromatic nitrogens is 2. The van der Waals surface area contributed by atoms with Gasteiger partial charge in [-0.15, -0.1) is 0 Å². The van der Waals surface area contributed by atoms with Gasteiger partial charge in [-0.2, -0.15) is 0 Å². The van der Waals surface area contributed by atoms with E-state index in [4.69, 9.17) is 5.73 Å². The van der Waals surface area contributed by atoms with Gasteiger partial charge < -0.3 is 10.6 Å². The Bertz CT molecular complexity index is 403. The fraction of sp³-hybridized carbons (Fsp3) is 0.733. The first-order valence-corrected chi connectivity index (χ1v) is 7.50. The van der Waals surface area contributed by atoms with Crippen molar-refractivity contribution in [2.75, 3.05) is 24.5 Å². The molecule has 0 aliphatic heterocycles. The molecule has 1 aliphatic carbocycles. The van der Waals surface area contributed by atoms with Crippen molar-refractivity contribution in [3.05, 3.63) is 17.6 Å². The van der Waals surface area contributed by atoms with E-state index in [1.807, 2.05) is 0 Å². The van der Waals surface area contributed by atoms with E-state index in [0.717, 1.165) is 31.7 Å². The Labute approximate surface area is 116 Å². The maximum absolute atomic E-state index is 5.76. The molecule has 0 radical (unpaired) electrons. The van der Waals surface area contributed by atoms with Gasteiger partial charge in [-0.05, 0) is 31.6 Å². The van der Waals surface area contributed by atoms with Crippen LogP contribution in [0.5, 0.6) is 0 Å². The molecule has 0 unspecified atom stereocenters. The largest absolute Gasteiger partial charge is 0.355 e. The molecule has 2 N–H and O–H groups in total. The number of hydrogen-bond acceptors (Lipinski definition) is 4. The molecule has 1 aromatic heterocycles. The third-order valence-corrected chi connectivity index (χ3v) is 3.64. The lowest BCUT2D eigenvalue weighted by molar-refractivity contribution is 0.603. The van der Waals surface area contributed by atoms with Crippen LogP contribution in [-0.2, 0) is 12.8 Å². The van der Waals surface area contributed by atoms with Crippen molar-refractivity contribution >= 4 is 5.82 Å². The lowest BCUT2D eigenvalue weighted by atomic mass is 10.1. The highest BCUT2D eigenvalue weighted by Crippen LogP contribution is 2.26. The van der Waals surface area contributed by atoms with Crippen LogP contribution in [0.4, 0.5) is 5.82 Å². The van der Waals surface area contributed by atoms with Crippen LogP contribution in [0.2, 0.25) is 0 Å². The van der Waals surface area contributed by atoms with Crippen molar-refractivity contribution in [1.29, 1.82) is 0 Å². The van der Waals surface area contributed by atoms with Crippen LogP contribution >= 0.6 is 0 Å². The Hall–Kier alpha value is -1.16. The zero-order valence-electron chi connectivity index (χ0n) is 12.2. The summed E-state index contributed by atoms with van der Waals surface area (Å²) in [6.45, 7) is 7.04. The topological polar surface area (TPSA) is 55.0 Å². The standard InChI is InChI=1S/C15H26N4/c1-12(2)10-19(9-8-16)15-13-6-4-3-5-7-14(13)17-11-18-15/h11-12H,3-10,16H2,1-2H3. The van der Waals surface area contributed by atoms with Crippen LogP contribution in [0.15, 0.2) is 6.33 Å². The van der Waals surface area contributed by atoms with Crippen molar-refractivity contribution in [1.82, 2.24) is 9.97 Å². The number of anilines is 1. The predicted octanol–water partition coefficient (Wildman–Crippen LogP) is 2.17. The SMILES string of the molecule is CC(C)CN(CCN)c1ncnc2c1CCCCC2. The molecule has 2 rings (SSSR count). The molecule has 0 saturated carbocycles. The average Bonchev–Trinajstić information content (AvgIpc) is 2.62. The predicted molar refractivity (Wildman–Crippen MR) is 79.4 cm³/mol. The summed E-state index contributed by atoms with van der Waals surface area (Å²) < 4.78 is 0. The van der Waals surface area contributed by atoms with Gasteiger partial charge in [0.1, 0.15) is 12.1 Å². The number of fused-ring (bicyclic) bond motifs is 1. The van der Waals surface area contributed by atoms with Gasteiger partial charge in [-0.25, -0.2) is 9.97 Å². The maximum atomic E-state index is 5.76. The molecule has 1 heterocycles. The number of nitrogens with two attached hydrogens (primary N) is 1. The quantitative estimate of drug-likeness (QED) is 0.826. The van der Waals surface area contributed by atoms with Crippen LogP contribution in [0.3, 0.4) is 0 Å². The van der Waals surface area contributed by atoms with E-state index in [1.165, 1.54) is 30.5 Å². The van der Waals surface area contributed by atoms with Crippen LogP contribution in [0.1, 0.15) is 44.4 Å². The van der Waals surface area contributed by atoms with Gasteiger partial charge in [0.2, 0.25) is 0 Å². The molecule has 4 heteroatoms. The van der Waals surface area contributed by atoms with Gasteiger partial charge in [-0.3, -0.25) is 0 Å². The first-order chi connectivity index (χ1) is 9.22. The summed E-state index contributed by atoms with van der Waals surface area (Å²) in [5.74, 6) is 1.74. The Morgan fingerprint density at radius 1 is 1.21 bits per heavy atom. The van der Waals surface area contributed by atoms with Crippen LogP contribution < -0.4 is 10.6 Å². The number of aryl methyl sites for hydroxylation is 1. The molecule has 4 nitrogen and oxygen atoms in total. The van der Waals surface area contributed by atoms with E-state index in [2.05, 4.69) is 28.7 Å². The molecular weight excluding hydrogens is 236 g/mol. The maximum Gasteiger partial charge on any atom is 0.135 e. The van der Waals surface area contributed by atoms with Crippen molar-refractivity contribution in [3.63, 3.8) is 0 Å². The molecule has 106 valence electrons. The van der Waals surface area contributed by atoms with Gasteiger partial charge in [-0.1, -0.05) is 20.3 Å². The number of rotatable bonds is 5. The van der Waals surface area contributed by atoms with Gasteiger partial charge in [0.15, 0.2) is 0 Å². The summed E-state index contributed by atoms with van der Waals surface area (Å²) >= 11 is 0. The van der Waals surface area contributed by atoms with Crippen LogP contribution in [-0.4, -0.2) is 29.6 Å². The normalized spacial score (nSPS) is 15.2. The van der Waals surface area contributed by atoms with Crippen molar-refractivity contribution in [2.24, 2.45) is 11.7 Å². The first-order valence-electron chi connectivity index (χ1n) is 7.50. The van der Waals surface area contributed by atoms with Crippen molar-refractivity contribution < 1.29 is 0 Å². The molecule has 1 aromatic rings. The van der Waals surface area contributed by atoms with Crippen molar-refractivity contribution in [2.45, 2.75) is 46.0 Å². The molecule has 0 atom stereocenters. The highest BCUT2D eigenvalue weighted by atomic mass is 15.2. The Kier molecular flexibility index (Phi) is 5.14. The smallest absolute Gasteiger partial charge is 0.135 e. The van der Waals surface area contributed by atoms with Gasteiger partial charge in [0.05, 0.1) is 0 Å². The monoisotopic (exact) mass is 262 g/mol. The third-order valence-electron chi connectivity index (χ3n) is 3.64. The summed E-state index contributed by atoms with van der Waals surface area (Å²) in [5.41, 5.74) is 8.39. The molecule has 0 spiro atoms. The molecule has 0 saturated heterocycles. The Morgan fingerprint density at radius 2 is 2.00 bits per heavy atom. The molecule has 0 bridgehead atoms. The van der Waals surface area contributed by atoms with Gasteiger partial charge >= 0.3 is 0 Å². The minimum absolute atomic E-state index is 0.614. The summed E-state index contributed by atoms with van der Waals surface area (Å²) in [6.07, 6.45) is 7.75. The van der Waals surface area contributed by atoms with Crippen LogP contribution in [0.25, 0.3) is 0 Å². The Balaban J connectivity index is 2.30. The van der Waals surface area contributed by atoms with Gasteiger partial charge in [0.25, 0.3) is 0 Å². The van der Waals surface area contributed by atoms with E-state index in [0.29, 0.717) is 12.5 Å². The highest BCUT2D eigenvalue weighted by molar-refractivity contribution is 5.49. The van der Waals surface area contributed by atoms with E-state index in [9.17, 15) is 0 Å². The van der Waals surface area contributed by atoms with E-state index in [1.54, 1.807) is 6.33 Å². The third kappa shape index (κ3) is 3.66. The number of hydrogen-bond donors (Lipinski definition) is 1. The first kappa shape index (κ1) is 14.3. The minimum Gasteiger partial charge on any atom is -0.355 e. The van der Waals surface area contributed by atoms with E-state index >= 15 is 0 Å². The summed E-state index contributed by atoms with van der Waals surface area (Å²) in [5, 5.41) is 0. The lowest BCUT2D eigenvalue weighted by Crippen LogP contribution is -2.34. The second kappa shape index (κ2) is 6.85. The zero-order chi connectivity index (χ0) is 13.7.